The number of nitrogens with two attached hydrogens (primary N) is 1. The van der Waals surface area contributed by atoms with Crippen LogP contribution in [-0.2, 0) is 12.1 Å². The van der Waals surface area contributed by atoms with E-state index in [4.69, 9.17) is 10.7 Å². The van der Waals surface area contributed by atoms with E-state index >= 15 is 0 Å². The molecular weight excluding hydrogens is 260 g/mol. The van der Waals surface area contributed by atoms with Gasteiger partial charge in [-0.05, 0) is 44.1 Å². The van der Waals surface area contributed by atoms with Gasteiger partial charge in [-0.1, -0.05) is 20.3 Å². The van der Waals surface area contributed by atoms with Crippen LogP contribution in [-0.4, -0.2) is 14.5 Å². The summed E-state index contributed by atoms with van der Waals surface area (Å²) in [5.41, 5.74) is 8.67. The van der Waals surface area contributed by atoms with Gasteiger partial charge in [0.25, 0.3) is 0 Å². The van der Waals surface area contributed by atoms with E-state index in [1.54, 1.807) is 0 Å². The smallest absolute Gasteiger partial charge is 0.130 e. The Hall–Kier alpha value is -1.42. The largest absolute Gasteiger partial charge is 0.326 e. The van der Waals surface area contributed by atoms with Gasteiger partial charge >= 0.3 is 0 Å². The van der Waals surface area contributed by atoms with Crippen molar-refractivity contribution in [1.29, 1.82) is 0 Å². The lowest BCUT2D eigenvalue weighted by Crippen LogP contribution is -2.42. The molecule has 1 aliphatic rings. The van der Waals surface area contributed by atoms with Gasteiger partial charge in [-0.3, -0.25) is 4.98 Å². The zero-order valence-corrected chi connectivity index (χ0v) is 13.2. The highest BCUT2D eigenvalue weighted by Gasteiger charge is 2.36. The molecule has 1 aliphatic carbocycles. The Labute approximate surface area is 126 Å². The molecular formula is C17H26N4. The first-order valence-electron chi connectivity index (χ1n) is 8.27. The van der Waals surface area contributed by atoms with E-state index in [0.29, 0.717) is 0 Å². The second-order valence-corrected chi connectivity index (χ2v) is 6.46. The summed E-state index contributed by atoms with van der Waals surface area (Å²) < 4.78 is 2.32. The van der Waals surface area contributed by atoms with Gasteiger partial charge in [0.2, 0.25) is 0 Å². The Bertz CT molecular complexity index is 608. The molecule has 2 aromatic heterocycles. The van der Waals surface area contributed by atoms with Gasteiger partial charge in [-0.25, -0.2) is 4.98 Å². The quantitative estimate of drug-likeness (QED) is 0.934. The fraction of sp³-hybridized carbons (Fsp3) is 0.647. The molecule has 4 heteroatoms. The molecule has 0 aromatic carbocycles. The fourth-order valence-corrected chi connectivity index (χ4v) is 3.64. The molecule has 3 rings (SSSR count). The van der Waals surface area contributed by atoms with Crippen LogP contribution >= 0.6 is 0 Å². The number of pyridine rings is 1. The molecule has 1 fully saturated rings. The maximum absolute atomic E-state index is 6.79. The number of hydrogen-bond donors (Lipinski definition) is 1. The average Bonchev–Trinajstić information content (AvgIpc) is 2.88. The van der Waals surface area contributed by atoms with Gasteiger partial charge in [0.1, 0.15) is 11.3 Å². The first-order valence-corrected chi connectivity index (χ1v) is 8.27. The van der Waals surface area contributed by atoms with Gasteiger partial charge in [-0.15, -0.1) is 0 Å². The van der Waals surface area contributed by atoms with Crippen molar-refractivity contribution in [3.05, 3.63) is 24.3 Å². The SMILES string of the molecule is CCCn1c(C2(N)CCC(CC)CC2)nc2cnccc21. The van der Waals surface area contributed by atoms with E-state index in [2.05, 4.69) is 29.5 Å². The summed E-state index contributed by atoms with van der Waals surface area (Å²) in [7, 11) is 0. The van der Waals surface area contributed by atoms with Crippen molar-refractivity contribution >= 4 is 11.0 Å². The molecule has 2 N–H and O–H groups in total. The highest BCUT2D eigenvalue weighted by molar-refractivity contribution is 5.75. The van der Waals surface area contributed by atoms with Crippen LogP contribution in [0, 0.1) is 5.92 Å². The van der Waals surface area contributed by atoms with Crippen molar-refractivity contribution in [3.63, 3.8) is 0 Å². The van der Waals surface area contributed by atoms with Crippen LogP contribution < -0.4 is 5.73 Å². The van der Waals surface area contributed by atoms with Crippen molar-refractivity contribution in [2.75, 3.05) is 0 Å². The third kappa shape index (κ3) is 2.57. The maximum atomic E-state index is 6.79. The molecule has 0 unspecified atom stereocenters. The van der Waals surface area contributed by atoms with E-state index in [0.717, 1.165) is 43.1 Å². The zero-order valence-electron chi connectivity index (χ0n) is 13.2. The topological polar surface area (TPSA) is 56.7 Å². The molecule has 4 nitrogen and oxygen atoms in total. The highest BCUT2D eigenvalue weighted by atomic mass is 15.1. The molecule has 2 aromatic rings. The third-order valence-electron chi connectivity index (χ3n) is 5.02. The monoisotopic (exact) mass is 286 g/mol. The molecule has 0 bridgehead atoms. The van der Waals surface area contributed by atoms with Crippen molar-refractivity contribution in [1.82, 2.24) is 14.5 Å². The molecule has 2 heterocycles. The first kappa shape index (κ1) is 14.5. The number of rotatable bonds is 4. The summed E-state index contributed by atoms with van der Waals surface area (Å²) in [6, 6.07) is 2.06. The lowest BCUT2D eigenvalue weighted by atomic mass is 9.75. The standard InChI is InChI=1S/C17H26N4/c1-3-11-21-15-7-10-19-12-14(15)20-16(21)17(18)8-5-13(4-2)6-9-17/h7,10,12-13H,3-6,8-9,11,18H2,1-2H3. The zero-order chi connectivity index (χ0) is 14.9. The van der Waals surface area contributed by atoms with Gasteiger partial charge in [0.15, 0.2) is 0 Å². The molecule has 0 atom stereocenters. The summed E-state index contributed by atoms with van der Waals surface area (Å²) in [5, 5.41) is 0. The lowest BCUT2D eigenvalue weighted by molar-refractivity contribution is 0.217. The molecule has 0 amide bonds. The van der Waals surface area contributed by atoms with Gasteiger partial charge in [0, 0.05) is 12.7 Å². The minimum atomic E-state index is -0.264. The summed E-state index contributed by atoms with van der Waals surface area (Å²) in [6.45, 7) is 5.46. The molecule has 1 saturated carbocycles. The van der Waals surface area contributed by atoms with Gasteiger partial charge < -0.3 is 10.3 Å². The van der Waals surface area contributed by atoms with E-state index in [1.165, 1.54) is 24.8 Å². The molecule has 0 radical (unpaired) electrons. The van der Waals surface area contributed by atoms with E-state index in [1.807, 2.05) is 12.4 Å². The number of imidazole rings is 1. The maximum Gasteiger partial charge on any atom is 0.130 e. The average molecular weight is 286 g/mol. The van der Waals surface area contributed by atoms with Crippen LogP contribution in [0.5, 0.6) is 0 Å². The molecule has 0 aliphatic heterocycles. The summed E-state index contributed by atoms with van der Waals surface area (Å²) >= 11 is 0. The fourth-order valence-electron chi connectivity index (χ4n) is 3.64. The Kier molecular flexibility index (Phi) is 3.98. The highest BCUT2D eigenvalue weighted by Crippen LogP contribution is 2.39. The van der Waals surface area contributed by atoms with Crippen LogP contribution in [0.25, 0.3) is 11.0 Å². The van der Waals surface area contributed by atoms with Crippen LogP contribution in [0.2, 0.25) is 0 Å². The number of aromatic nitrogens is 3. The predicted octanol–water partition coefficient (Wildman–Crippen LogP) is 3.60. The van der Waals surface area contributed by atoms with Crippen molar-refractivity contribution in [2.24, 2.45) is 11.7 Å². The summed E-state index contributed by atoms with van der Waals surface area (Å²) in [5.74, 6) is 1.91. The van der Waals surface area contributed by atoms with Crippen LogP contribution in [0.3, 0.4) is 0 Å². The third-order valence-corrected chi connectivity index (χ3v) is 5.02. The Morgan fingerprint density at radius 1 is 1.33 bits per heavy atom. The van der Waals surface area contributed by atoms with Crippen LogP contribution in [0.15, 0.2) is 18.5 Å². The van der Waals surface area contributed by atoms with Crippen molar-refractivity contribution in [3.8, 4) is 0 Å². The minimum Gasteiger partial charge on any atom is -0.326 e. The van der Waals surface area contributed by atoms with E-state index in [-0.39, 0.29) is 5.54 Å². The second kappa shape index (κ2) is 5.76. The predicted molar refractivity (Wildman–Crippen MR) is 85.9 cm³/mol. The van der Waals surface area contributed by atoms with Gasteiger partial charge in [0.05, 0.1) is 17.3 Å². The second-order valence-electron chi connectivity index (χ2n) is 6.46. The summed E-state index contributed by atoms with van der Waals surface area (Å²) in [6.07, 6.45) is 10.6. The number of fused-ring (bicyclic) bond motifs is 1. The number of hydrogen-bond acceptors (Lipinski definition) is 3. The Morgan fingerprint density at radius 3 is 2.76 bits per heavy atom. The molecule has 0 saturated heterocycles. The Morgan fingerprint density at radius 2 is 2.10 bits per heavy atom. The normalized spacial score (nSPS) is 26.3. The Balaban J connectivity index is 2.01. The van der Waals surface area contributed by atoms with E-state index < -0.39 is 0 Å². The summed E-state index contributed by atoms with van der Waals surface area (Å²) in [4.78, 5) is 9.06. The first-order chi connectivity index (χ1) is 10.2. The minimum absolute atomic E-state index is 0.264. The molecule has 114 valence electrons. The van der Waals surface area contributed by atoms with Crippen LogP contribution in [0.4, 0.5) is 0 Å². The number of nitrogens with zero attached hydrogens (tertiary/aromatic N) is 3. The van der Waals surface area contributed by atoms with Crippen LogP contribution in [0.1, 0.15) is 58.2 Å². The van der Waals surface area contributed by atoms with Gasteiger partial charge in [-0.2, -0.15) is 0 Å². The molecule has 0 spiro atoms. The molecule has 21 heavy (non-hydrogen) atoms. The lowest BCUT2D eigenvalue weighted by Gasteiger charge is -2.36. The van der Waals surface area contributed by atoms with Crippen molar-refractivity contribution in [2.45, 2.75) is 64.5 Å². The number of aryl methyl sites for hydroxylation is 1. The van der Waals surface area contributed by atoms with E-state index in [9.17, 15) is 0 Å². The van der Waals surface area contributed by atoms with Crippen molar-refractivity contribution < 1.29 is 0 Å².